The van der Waals surface area contributed by atoms with Gasteiger partial charge in [-0.05, 0) is 59.5 Å². The van der Waals surface area contributed by atoms with Crippen molar-refractivity contribution in [1.29, 1.82) is 0 Å². The summed E-state index contributed by atoms with van der Waals surface area (Å²) < 4.78 is 3.76. The smallest absolute Gasteiger partial charge is 0.256 e. The lowest BCUT2D eigenvalue weighted by molar-refractivity contribution is 0.102. The van der Waals surface area contributed by atoms with Crippen LogP contribution in [0.3, 0.4) is 0 Å². The van der Waals surface area contributed by atoms with Crippen LogP contribution in [0, 0.1) is 6.92 Å². The predicted octanol–water partition coefficient (Wildman–Crippen LogP) is 4.09. The van der Waals surface area contributed by atoms with E-state index in [-0.39, 0.29) is 11.4 Å². The molecule has 3 N–H and O–H groups in total. The quantitative estimate of drug-likeness (QED) is 0.299. The van der Waals surface area contributed by atoms with Crippen LogP contribution in [0.4, 0.5) is 11.6 Å². The van der Waals surface area contributed by atoms with Gasteiger partial charge in [0.05, 0.1) is 23.2 Å². The lowest BCUT2D eigenvalue weighted by atomic mass is 10.1. The number of hydrogen-bond donors (Lipinski definition) is 3. The van der Waals surface area contributed by atoms with Crippen molar-refractivity contribution in [3.05, 3.63) is 47.9 Å². The lowest BCUT2D eigenvalue weighted by Gasteiger charge is -2.19. The zero-order valence-electron chi connectivity index (χ0n) is 22.9. The maximum absolute atomic E-state index is 13.0. The fraction of sp³-hybridized carbons (Fsp3) is 0.370. The minimum atomic E-state index is -0.277. The molecule has 0 saturated heterocycles. The number of anilines is 2. The van der Waals surface area contributed by atoms with Crippen molar-refractivity contribution >= 4 is 39.5 Å². The molecule has 0 fully saturated rings. The van der Waals surface area contributed by atoms with Gasteiger partial charge in [0.15, 0.2) is 11.5 Å². The summed E-state index contributed by atoms with van der Waals surface area (Å²) in [5.74, 6) is 1.02. The van der Waals surface area contributed by atoms with E-state index in [1.54, 1.807) is 12.4 Å². The molecule has 4 heterocycles. The van der Waals surface area contributed by atoms with Crippen LogP contribution in [-0.4, -0.2) is 73.0 Å². The van der Waals surface area contributed by atoms with Crippen molar-refractivity contribution in [1.82, 2.24) is 39.4 Å². The molecule has 4 aromatic heterocycles. The Morgan fingerprint density at radius 1 is 1.13 bits per heavy atom. The topological polar surface area (TPSA) is 122 Å². The minimum Gasteiger partial charge on any atom is -0.372 e. The average Bonchev–Trinajstić information content (AvgIpc) is 3.57. The standard InChI is InChI=1S/C27H34N10O/c1-16-18-9-8-17(26(38)32-20-10-11-36(33-20)13-12-35(6)7)14-19(18)31-22(16)23-21-24(28-5)29-15-30-25(21)37(34-23)27(2,3)4/h8-11,14-15,31H,12-13H2,1-7H3,(H,28,29,30)(H,32,33,38). The van der Waals surface area contributed by atoms with Gasteiger partial charge in [-0.25, -0.2) is 14.6 Å². The molecule has 11 nitrogen and oxygen atoms in total. The Balaban J connectivity index is 1.50. The highest BCUT2D eigenvalue weighted by atomic mass is 16.1. The van der Waals surface area contributed by atoms with Crippen LogP contribution in [0.15, 0.2) is 36.8 Å². The zero-order valence-corrected chi connectivity index (χ0v) is 22.9. The lowest BCUT2D eigenvalue weighted by Crippen LogP contribution is -2.23. The molecular weight excluding hydrogens is 480 g/mol. The molecule has 0 aliphatic heterocycles. The molecule has 11 heteroatoms. The molecular formula is C27H34N10O. The number of aryl methyl sites for hydroxylation is 1. The Hall–Kier alpha value is -4.25. The van der Waals surface area contributed by atoms with E-state index >= 15 is 0 Å². The number of carbonyl (C=O) groups excluding carboxylic acids is 1. The predicted molar refractivity (Wildman–Crippen MR) is 151 cm³/mol. The SMILES string of the molecule is CNc1ncnc2c1c(-c1[nH]c3cc(C(=O)Nc4ccn(CCN(C)C)n4)ccc3c1C)nn2C(C)(C)C. The van der Waals surface area contributed by atoms with E-state index in [4.69, 9.17) is 5.10 Å². The highest BCUT2D eigenvalue weighted by molar-refractivity contribution is 6.07. The minimum absolute atomic E-state index is 0.216. The normalized spacial score (nSPS) is 12.1. The van der Waals surface area contributed by atoms with Gasteiger partial charge in [-0.1, -0.05) is 6.07 Å². The second kappa shape index (κ2) is 9.56. The molecule has 198 valence electrons. The second-order valence-electron chi connectivity index (χ2n) is 10.7. The molecule has 0 bridgehead atoms. The number of nitrogens with zero attached hydrogens (tertiary/aromatic N) is 7. The van der Waals surface area contributed by atoms with Gasteiger partial charge >= 0.3 is 0 Å². The molecule has 0 atom stereocenters. The summed E-state index contributed by atoms with van der Waals surface area (Å²) in [5.41, 5.74) is 4.55. The molecule has 0 radical (unpaired) electrons. The molecule has 1 aromatic carbocycles. The van der Waals surface area contributed by atoms with Crippen molar-refractivity contribution in [2.45, 2.75) is 39.8 Å². The number of fused-ring (bicyclic) bond motifs is 2. The first-order valence-electron chi connectivity index (χ1n) is 12.6. The van der Waals surface area contributed by atoms with Gasteiger partial charge in [0.25, 0.3) is 5.91 Å². The highest BCUT2D eigenvalue weighted by Gasteiger charge is 2.26. The number of benzene rings is 1. The van der Waals surface area contributed by atoms with E-state index in [1.807, 2.05) is 54.9 Å². The third-order valence-electron chi connectivity index (χ3n) is 6.55. The maximum Gasteiger partial charge on any atom is 0.256 e. The number of rotatable bonds is 7. The second-order valence-corrected chi connectivity index (χ2v) is 10.7. The summed E-state index contributed by atoms with van der Waals surface area (Å²) in [6.07, 6.45) is 3.42. The van der Waals surface area contributed by atoms with Crippen molar-refractivity contribution in [2.24, 2.45) is 0 Å². The first-order chi connectivity index (χ1) is 18.1. The summed E-state index contributed by atoms with van der Waals surface area (Å²) in [6, 6.07) is 7.47. The number of likely N-dealkylation sites (N-methyl/N-ethyl adjacent to an activating group) is 1. The summed E-state index contributed by atoms with van der Waals surface area (Å²) in [4.78, 5) is 27.6. The van der Waals surface area contributed by atoms with E-state index in [0.717, 1.165) is 52.0 Å². The molecule has 38 heavy (non-hydrogen) atoms. The van der Waals surface area contributed by atoms with E-state index in [9.17, 15) is 4.79 Å². The fourth-order valence-corrected chi connectivity index (χ4v) is 4.54. The van der Waals surface area contributed by atoms with Crippen LogP contribution in [-0.2, 0) is 12.1 Å². The van der Waals surface area contributed by atoms with E-state index in [2.05, 4.69) is 63.3 Å². The molecule has 0 aliphatic carbocycles. The largest absolute Gasteiger partial charge is 0.372 e. The number of carbonyl (C=O) groups is 1. The van der Waals surface area contributed by atoms with Gasteiger partial charge < -0.3 is 20.5 Å². The Morgan fingerprint density at radius 2 is 1.92 bits per heavy atom. The van der Waals surface area contributed by atoms with E-state index < -0.39 is 0 Å². The Labute approximate surface area is 221 Å². The van der Waals surface area contributed by atoms with Gasteiger partial charge in [-0.2, -0.15) is 10.2 Å². The monoisotopic (exact) mass is 514 g/mol. The highest BCUT2D eigenvalue weighted by Crippen LogP contribution is 2.37. The van der Waals surface area contributed by atoms with Gasteiger partial charge in [0.1, 0.15) is 17.8 Å². The summed E-state index contributed by atoms with van der Waals surface area (Å²) in [6.45, 7) is 9.96. The van der Waals surface area contributed by atoms with Crippen molar-refractivity contribution in [3.8, 4) is 11.4 Å². The van der Waals surface area contributed by atoms with Crippen molar-refractivity contribution in [3.63, 3.8) is 0 Å². The number of nitrogens with one attached hydrogen (secondary N) is 3. The van der Waals surface area contributed by atoms with Gasteiger partial charge in [-0.3, -0.25) is 9.48 Å². The zero-order chi connectivity index (χ0) is 27.2. The molecule has 0 aliphatic rings. The molecule has 0 saturated carbocycles. The van der Waals surface area contributed by atoms with E-state index in [1.165, 1.54) is 0 Å². The Morgan fingerprint density at radius 3 is 2.63 bits per heavy atom. The average molecular weight is 515 g/mol. The van der Waals surface area contributed by atoms with Gasteiger partial charge in [0.2, 0.25) is 0 Å². The Bertz CT molecular complexity index is 1630. The molecule has 1 amide bonds. The number of H-pyrrole nitrogens is 1. The third kappa shape index (κ3) is 4.60. The first kappa shape index (κ1) is 25.4. The number of amides is 1. The van der Waals surface area contributed by atoms with Crippen LogP contribution in [0.1, 0.15) is 36.7 Å². The molecule has 0 unspecified atom stereocenters. The third-order valence-corrected chi connectivity index (χ3v) is 6.55. The number of aromatic nitrogens is 7. The van der Waals surface area contributed by atoms with Crippen molar-refractivity contribution < 1.29 is 4.79 Å². The molecule has 5 aromatic rings. The van der Waals surface area contributed by atoms with Gasteiger partial charge in [-0.15, -0.1) is 0 Å². The van der Waals surface area contributed by atoms with Gasteiger partial charge in [0, 0.05) is 42.3 Å². The van der Waals surface area contributed by atoms with E-state index in [0.29, 0.717) is 17.2 Å². The van der Waals surface area contributed by atoms with Crippen LogP contribution in [0.2, 0.25) is 0 Å². The van der Waals surface area contributed by atoms with Crippen LogP contribution in [0.25, 0.3) is 33.3 Å². The van der Waals surface area contributed by atoms with Crippen molar-refractivity contribution in [2.75, 3.05) is 38.3 Å². The summed E-state index contributed by atoms with van der Waals surface area (Å²) in [5, 5.41) is 17.4. The maximum atomic E-state index is 13.0. The summed E-state index contributed by atoms with van der Waals surface area (Å²) in [7, 11) is 5.87. The molecule has 0 spiro atoms. The van der Waals surface area contributed by atoms with Crippen LogP contribution in [0.5, 0.6) is 0 Å². The van der Waals surface area contributed by atoms with Crippen LogP contribution < -0.4 is 10.6 Å². The van der Waals surface area contributed by atoms with Crippen LogP contribution >= 0.6 is 0 Å². The number of aromatic amines is 1. The Kier molecular flexibility index (Phi) is 6.39. The molecule has 5 rings (SSSR count). The summed E-state index contributed by atoms with van der Waals surface area (Å²) >= 11 is 0. The number of hydrogen-bond acceptors (Lipinski definition) is 7. The first-order valence-corrected chi connectivity index (χ1v) is 12.6. The fourth-order valence-electron chi connectivity index (χ4n) is 4.54.